The maximum Gasteiger partial charge on any atom is 0.284 e. The first-order chi connectivity index (χ1) is 14.7. The predicted molar refractivity (Wildman–Crippen MR) is 121 cm³/mol. The molecule has 0 bridgehead atoms. The first-order valence-corrected chi connectivity index (χ1v) is 10.6. The van der Waals surface area contributed by atoms with Crippen LogP contribution in [0.2, 0.25) is 5.02 Å². The normalized spacial score (nSPS) is 15.7. The fourth-order valence-electron chi connectivity index (χ4n) is 4.14. The Labute approximate surface area is 192 Å². The predicted octanol–water partition coefficient (Wildman–Crippen LogP) is 1.93. The van der Waals surface area contributed by atoms with Crippen molar-refractivity contribution < 1.29 is 21.4 Å². The topological polar surface area (TPSA) is 30.3 Å². The van der Waals surface area contributed by atoms with E-state index in [1.54, 1.807) is 12.1 Å². The summed E-state index contributed by atoms with van der Waals surface area (Å²) in [6, 6.07) is 21.1. The van der Waals surface area contributed by atoms with E-state index in [-0.39, 0.29) is 18.2 Å². The van der Waals surface area contributed by atoms with E-state index in [0.717, 1.165) is 66.7 Å². The van der Waals surface area contributed by atoms with Gasteiger partial charge in [-0.05, 0) is 42.0 Å². The van der Waals surface area contributed by atoms with Gasteiger partial charge in [0.25, 0.3) is 5.84 Å². The molecule has 0 amide bonds. The SMILES string of the molecule is Fc1cccc(CN2CC[N+](=C3Nc4cc(Cl)ccc4Nc4ccccc43)CC2)c1.[Cl-]. The van der Waals surface area contributed by atoms with E-state index in [1.807, 2.05) is 30.3 Å². The van der Waals surface area contributed by atoms with Gasteiger partial charge >= 0.3 is 0 Å². The number of halogens is 3. The molecule has 1 fully saturated rings. The number of benzene rings is 3. The van der Waals surface area contributed by atoms with Gasteiger partial charge in [0, 0.05) is 30.7 Å². The maximum atomic E-state index is 13.5. The summed E-state index contributed by atoms with van der Waals surface area (Å²) in [4.78, 5) is 2.37. The van der Waals surface area contributed by atoms with Gasteiger partial charge < -0.3 is 17.7 Å². The lowest BCUT2D eigenvalue weighted by atomic mass is 10.1. The van der Waals surface area contributed by atoms with Gasteiger partial charge in [0.1, 0.15) is 11.5 Å². The van der Waals surface area contributed by atoms with Crippen molar-refractivity contribution in [3.63, 3.8) is 0 Å². The van der Waals surface area contributed by atoms with Gasteiger partial charge in [-0.2, -0.15) is 0 Å². The summed E-state index contributed by atoms with van der Waals surface area (Å²) in [5, 5.41) is 7.86. The number of hydrogen-bond acceptors (Lipinski definition) is 2. The van der Waals surface area contributed by atoms with Crippen LogP contribution in [0.4, 0.5) is 21.5 Å². The minimum absolute atomic E-state index is 0. The summed E-state index contributed by atoms with van der Waals surface area (Å²) in [7, 11) is 0. The third-order valence-electron chi connectivity index (χ3n) is 5.67. The van der Waals surface area contributed by atoms with Crippen molar-refractivity contribution in [2.75, 3.05) is 36.8 Å². The Morgan fingerprint density at radius 1 is 0.871 bits per heavy atom. The van der Waals surface area contributed by atoms with Gasteiger partial charge in [-0.15, -0.1) is 0 Å². The minimum atomic E-state index is -0.175. The number of para-hydroxylation sites is 1. The molecule has 7 heteroatoms. The number of hydrogen-bond donors (Lipinski definition) is 2. The molecule has 2 aliphatic heterocycles. The number of piperazine rings is 1. The van der Waals surface area contributed by atoms with E-state index in [2.05, 4.69) is 38.3 Å². The van der Waals surface area contributed by atoms with Crippen molar-refractivity contribution in [3.05, 3.63) is 88.7 Å². The van der Waals surface area contributed by atoms with Crippen LogP contribution in [0.1, 0.15) is 11.1 Å². The number of anilines is 3. The average molecular weight is 457 g/mol. The van der Waals surface area contributed by atoms with E-state index in [1.165, 1.54) is 6.07 Å². The summed E-state index contributed by atoms with van der Waals surface area (Å²) < 4.78 is 15.9. The number of amidine groups is 1. The monoisotopic (exact) mass is 456 g/mol. The van der Waals surface area contributed by atoms with Crippen LogP contribution < -0.4 is 23.0 Å². The van der Waals surface area contributed by atoms with E-state index < -0.39 is 0 Å². The van der Waals surface area contributed by atoms with Crippen molar-refractivity contribution in [3.8, 4) is 0 Å². The Morgan fingerprint density at radius 3 is 2.48 bits per heavy atom. The standard InChI is InChI=1S/C24H22ClFN4.ClH/c25-18-8-9-22-23(15-18)28-24(20-6-1-2-7-21(20)27-22)30-12-10-29(11-13-30)16-17-4-3-5-19(26)14-17;/h1-9,14-15H,10-13,16H2,(H,27,28);1H. The summed E-state index contributed by atoms with van der Waals surface area (Å²) in [5.74, 6) is 0.912. The van der Waals surface area contributed by atoms with Crippen molar-refractivity contribution in [2.24, 2.45) is 0 Å². The van der Waals surface area contributed by atoms with Crippen LogP contribution in [-0.2, 0) is 6.54 Å². The quantitative estimate of drug-likeness (QED) is 0.577. The van der Waals surface area contributed by atoms with Crippen LogP contribution in [0.25, 0.3) is 0 Å². The van der Waals surface area contributed by atoms with Gasteiger partial charge in [-0.25, -0.2) is 9.71 Å². The van der Waals surface area contributed by atoms with Crippen LogP contribution in [0, 0.1) is 5.82 Å². The molecule has 2 N–H and O–H groups in total. The van der Waals surface area contributed by atoms with Gasteiger partial charge in [-0.3, -0.25) is 9.48 Å². The molecule has 0 saturated carbocycles. The maximum absolute atomic E-state index is 13.5. The summed E-state index contributed by atoms with van der Waals surface area (Å²) in [6.45, 7) is 4.38. The fourth-order valence-corrected chi connectivity index (χ4v) is 4.31. The second kappa shape index (κ2) is 9.27. The van der Waals surface area contributed by atoms with Crippen LogP contribution in [0.5, 0.6) is 0 Å². The molecular weight excluding hydrogens is 434 g/mol. The molecule has 0 unspecified atom stereocenters. The lowest BCUT2D eigenvalue weighted by Crippen LogP contribution is -3.00. The fraction of sp³-hybridized carbons (Fsp3) is 0.208. The van der Waals surface area contributed by atoms with Gasteiger partial charge in [0.2, 0.25) is 0 Å². The molecule has 1 saturated heterocycles. The molecule has 4 nitrogen and oxygen atoms in total. The molecule has 0 aromatic heterocycles. The average Bonchev–Trinajstić information content (AvgIpc) is 2.91. The number of nitrogens with zero attached hydrogens (tertiary/aromatic N) is 2. The van der Waals surface area contributed by atoms with E-state index in [0.29, 0.717) is 5.02 Å². The van der Waals surface area contributed by atoms with Crippen molar-refractivity contribution in [2.45, 2.75) is 6.54 Å². The molecule has 3 aromatic rings. The first-order valence-electron chi connectivity index (χ1n) is 10.2. The Hall–Kier alpha value is -2.60. The highest BCUT2D eigenvalue weighted by Crippen LogP contribution is 2.34. The first kappa shape index (κ1) is 21.6. The number of rotatable bonds is 2. The third-order valence-corrected chi connectivity index (χ3v) is 5.91. The molecule has 3 aromatic carbocycles. The summed E-state index contributed by atoms with van der Waals surface area (Å²) in [6.07, 6.45) is 0. The van der Waals surface area contributed by atoms with E-state index in [9.17, 15) is 4.39 Å². The van der Waals surface area contributed by atoms with Gasteiger partial charge in [0.05, 0.1) is 30.0 Å². The highest BCUT2D eigenvalue weighted by Gasteiger charge is 2.28. The van der Waals surface area contributed by atoms with Crippen LogP contribution in [-0.4, -0.2) is 41.5 Å². The second-order valence-electron chi connectivity index (χ2n) is 7.73. The van der Waals surface area contributed by atoms with E-state index >= 15 is 0 Å². The molecule has 31 heavy (non-hydrogen) atoms. The summed E-state index contributed by atoms with van der Waals surface area (Å²) >= 11 is 6.26. The zero-order valence-electron chi connectivity index (χ0n) is 16.9. The van der Waals surface area contributed by atoms with Gasteiger partial charge in [-0.1, -0.05) is 35.9 Å². The Kier molecular flexibility index (Phi) is 6.46. The molecule has 2 heterocycles. The van der Waals surface area contributed by atoms with Gasteiger partial charge in [0.15, 0.2) is 0 Å². The molecule has 0 aliphatic carbocycles. The van der Waals surface area contributed by atoms with Crippen molar-refractivity contribution in [1.29, 1.82) is 0 Å². The third kappa shape index (κ3) is 4.69. The van der Waals surface area contributed by atoms with Crippen LogP contribution >= 0.6 is 11.6 Å². The van der Waals surface area contributed by atoms with Crippen molar-refractivity contribution in [1.82, 2.24) is 4.90 Å². The molecular formula is C24H23Cl2FN4. The number of fused-ring (bicyclic) bond motifs is 2. The smallest absolute Gasteiger partial charge is 0.284 e. The Morgan fingerprint density at radius 2 is 1.68 bits per heavy atom. The zero-order chi connectivity index (χ0) is 20.5. The molecule has 160 valence electrons. The lowest BCUT2D eigenvalue weighted by Gasteiger charge is -2.28. The highest BCUT2D eigenvalue weighted by atomic mass is 35.5. The second-order valence-corrected chi connectivity index (χ2v) is 8.16. The zero-order valence-corrected chi connectivity index (χ0v) is 18.4. The molecule has 0 atom stereocenters. The van der Waals surface area contributed by atoms with Crippen LogP contribution in [0.15, 0.2) is 66.7 Å². The Bertz CT molecular complexity index is 1120. The van der Waals surface area contributed by atoms with Crippen molar-refractivity contribution >= 4 is 34.5 Å². The molecule has 0 radical (unpaired) electrons. The van der Waals surface area contributed by atoms with E-state index in [4.69, 9.17) is 11.6 Å². The minimum Gasteiger partial charge on any atom is -1.00 e. The summed E-state index contributed by atoms with van der Waals surface area (Å²) in [5.41, 5.74) is 5.20. The molecule has 0 spiro atoms. The lowest BCUT2D eigenvalue weighted by molar-refractivity contribution is -0.539. The molecule has 2 aliphatic rings. The number of nitrogens with one attached hydrogen (secondary N) is 2. The Balaban J connectivity index is 0.00000231. The van der Waals surface area contributed by atoms with Crippen LogP contribution in [0.3, 0.4) is 0 Å². The largest absolute Gasteiger partial charge is 1.00 e. The molecule has 5 rings (SSSR count). The highest BCUT2D eigenvalue weighted by molar-refractivity contribution is 6.31.